The van der Waals surface area contributed by atoms with Crippen molar-refractivity contribution in [2.45, 2.75) is 41.2 Å². The lowest BCUT2D eigenvalue weighted by molar-refractivity contribution is 0.0473. The van der Waals surface area contributed by atoms with E-state index < -0.39 is 5.97 Å². The number of nitrogens with zero attached hydrogens (tertiary/aromatic N) is 4. The number of Topliss-reactive ketones (excluding diaryl/α,β-unsaturated/α-hetero) is 1. The third-order valence-electron chi connectivity index (χ3n) is 5.67. The first kappa shape index (κ1) is 22.3. The van der Waals surface area contributed by atoms with Gasteiger partial charge in [0.05, 0.1) is 17.9 Å². The van der Waals surface area contributed by atoms with Crippen LogP contribution < -0.4 is 0 Å². The van der Waals surface area contributed by atoms with Crippen LogP contribution >= 0.6 is 0 Å². The van der Waals surface area contributed by atoms with Gasteiger partial charge in [0.15, 0.2) is 12.4 Å². The molecule has 3 heterocycles. The van der Waals surface area contributed by atoms with Crippen molar-refractivity contribution >= 4 is 11.8 Å². The first-order valence-corrected chi connectivity index (χ1v) is 10.7. The molecule has 0 amide bonds. The van der Waals surface area contributed by atoms with Gasteiger partial charge in [0.25, 0.3) is 0 Å². The van der Waals surface area contributed by atoms with Crippen LogP contribution in [0.2, 0.25) is 0 Å². The monoisotopic (exact) mass is 446 g/mol. The normalized spacial score (nSPS) is 11.1. The van der Waals surface area contributed by atoms with Crippen LogP contribution in [0.25, 0.3) is 5.82 Å². The Balaban J connectivity index is 1.48. The number of hydrogen-bond donors (Lipinski definition) is 0. The quantitative estimate of drug-likeness (QED) is 0.311. The van der Waals surface area contributed by atoms with Crippen molar-refractivity contribution in [2.24, 2.45) is 0 Å². The summed E-state index contributed by atoms with van der Waals surface area (Å²) in [4.78, 5) is 25.7. The molecular weight excluding hydrogens is 420 g/mol. The minimum atomic E-state index is -0.557. The first-order valence-electron chi connectivity index (χ1n) is 10.7. The van der Waals surface area contributed by atoms with E-state index in [-0.39, 0.29) is 12.4 Å². The fourth-order valence-electron chi connectivity index (χ4n) is 4.04. The number of ketones is 1. The fraction of sp³-hybridized carbons (Fsp3) is 0.280. The Morgan fingerprint density at radius 2 is 1.73 bits per heavy atom. The van der Waals surface area contributed by atoms with E-state index in [4.69, 9.17) is 9.26 Å². The Labute approximate surface area is 191 Å². The van der Waals surface area contributed by atoms with E-state index in [0.717, 1.165) is 11.3 Å². The van der Waals surface area contributed by atoms with E-state index in [9.17, 15) is 9.59 Å². The van der Waals surface area contributed by atoms with Gasteiger partial charge in [0.1, 0.15) is 11.3 Å². The molecule has 0 saturated heterocycles. The molecule has 4 aromatic rings. The summed E-state index contributed by atoms with van der Waals surface area (Å²) < 4.78 is 14.2. The van der Waals surface area contributed by atoms with Gasteiger partial charge in [-0.3, -0.25) is 14.0 Å². The lowest BCUT2D eigenvalue weighted by Crippen LogP contribution is -2.16. The Kier molecular flexibility index (Phi) is 6.00. The van der Waals surface area contributed by atoms with Gasteiger partial charge in [-0.25, -0.2) is 4.79 Å². The number of esters is 1. The van der Waals surface area contributed by atoms with Crippen LogP contribution in [0, 0.1) is 34.6 Å². The first-order chi connectivity index (χ1) is 15.8. The molecule has 0 aliphatic heterocycles. The van der Waals surface area contributed by atoms with Crippen molar-refractivity contribution < 1.29 is 18.8 Å². The third-order valence-corrected chi connectivity index (χ3v) is 5.67. The number of aryl methyl sites for hydroxylation is 3. The van der Waals surface area contributed by atoms with E-state index in [0.29, 0.717) is 46.3 Å². The molecule has 1 aromatic carbocycles. The molecule has 33 heavy (non-hydrogen) atoms. The molecule has 170 valence electrons. The van der Waals surface area contributed by atoms with Crippen LogP contribution in [0.3, 0.4) is 0 Å². The minimum Gasteiger partial charge on any atom is -0.454 e. The van der Waals surface area contributed by atoms with Crippen LogP contribution in [0.1, 0.15) is 54.8 Å². The average molecular weight is 447 g/mol. The second kappa shape index (κ2) is 8.90. The Hall–Kier alpha value is -3.94. The van der Waals surface area contributed by atoms with Crippen molar-refractivity contribution in [3.05, 3.63) is 87.7 Å². The van der Waals surface area contributed by atoms with Gasteiger partial charge < -0.3 is 9.26 Å². The molecule has 0 aliphatic rings. The molecule has 3 aromatic heterocycles. The summed E-state index contributed by atoms with van der Waals surface area (Å²) in [5.74, 6) is 0.446. The molecule has 0 radical (unpaired) electrons. The summed E-state index contributed by atoms with van der Waals surface area (Å²) in [6.07, 6.45) is 0. The highest BCUT2D eigenvalue weighted by molar-refractivity contribution is 6.01. The maximum absolute atomic E-state index is 12.9. The summed E-state index contributed by atoms with van der Waals surface area (Å²) in [5.41, 5.74) is 4.77. The average Bonchev–Trinajstić information content (AvgIpc) is 3.42. The molecule has 8 nitrogen and oxygen atoms in total. The highest BCUT2D eigenvalue weighted by atomic mass is 16.5. The largest absolute Gasteiger partial charge is 0.454 e. The van der Waals surface area contributed by atoms with Crippen molar-refractivity contribution in [3.63, 3.8) is 0 Å². The number of rotatable bonds is 7. The Bertz CT molecular complexity index is 1330. The number of aromatic nitrogens is 4. The molecule has 0 saturated carbocycles. The smallest absolute Gasteiger partial charge is 0.342 e. The highest BCUT2D eigenvalue weighted by Gasteiger charge is 2.23. The molecule has 0 spiro atoms. The molecule has 4 rings (SSSR count). The van der Waals surface area contributed by atoms with Crippen molar-refractivity contribution in [3.8, 4) is 5.82 Å². The summed E-state index contributed by atoms with van der Waals surface area (Å²) >= 11 is 0. The molecule has 8 heteroatoms. The standard InChI is InChI=1S/C25H26N4O4/c1-15-11-21(18(4)29(15)23-12-16(2)33-27-23)22(30)14-32-25(31)24-17(3)26-28(19(24)5)13-20-9-7-6-8-10-20/h6-12H,13-14H2,1-5H3. The number of carbonyl (C=O) groups excluding carboxylic acids is 2. The van der Waals surface area contributed by atoms with Crippen LogP contribution in [0.15, 0.2) is 47.0 Å². The van der Waals surface area contributed by atoms with Gasteiger partial charge in [-0.05, 0) is 46.2 Å². The zero-order chi connectivity index (χ0) is 23.7. The highest BCUT2D eigenvalue weighted by Crippen LogP contribution is 2.22. The van der Waals surface area contributed by atoms with E-state index in [1.54, 1.807) is 23.7 Å². The molecule has 0 atom stereocenters. The maximum atomic E-state index is 12.9. The number of hydrogen-bond acceptors (Lipinski definition) is 6. The predicted octanol–water partition coefficient (Wildman–Crippen LogP) is 4.29. The predicted molar refractivity (Wildman–Crippen MR) is 122 cm³/mol. The van der Waals surface area contributed by atoms with Crippen molar-refractivity contribution in [2.75, 3.05) is 6.61 Å². The van der Waals surface area contributed by atoms with Gasteiger partial charge >= 0.3 is 5.97 Å². The van der Waals surface area contributed by atoms with E-state index >= 15 is 0 Å². The van der Waals surface area contributed by atoms with Crippen LogP contribution in [-0.4, -0.2) is 37.9 Å². The molecule has 0 fully saturated rings. The minimum absolute atomic E-state index is 0.282. The van der Waals surface area contributed by atoms with Gasteiger partial charge in [-0.2, -0.15) is 5.10 Å². The summed E-state index contributed by atoms with van der Waals surface area (Å²) in [6, 6.07) is 13.4. The van der Waals surface area contributed by atoms with Crippen LogP contribution in [0.5, 0.6) is 0 Å². The van der Waals surface area contributed by atoms with Gasteiger partial charge in [0, 0.05) is 23.0 Å². The zero-order valence-corrected chi connectivity index (χ0v) is 19.4. The number of ether oxygens (including phenoxy) is 1. The fourth-order valence-corrected chi connectivity index (χ4v) is 4.04. The van der Waals surface area contributed by atoms with Gasteiger partial charge in [0.2, 0.25) is 5.78 Å². The lowest BCUT2D eigenvalue weighted by atomic mass is 10.1. The molecule has 0 unspecified atom stereocenters. The summed E-state index contributed by atoms with van der Waals surface area (Å²) in [5, 5.41) is 8.52. The van der Waals surface area contributed by atoms with Crippen LogP contribution in [0.4, 0.5) is 0 Å². The SMILES string of the molecule is Cc1cc(-n2c(C)cc(C(=O)COC(=O)c3c(C)nn(Cc4ccccc4)c3C)c2C)no1. The summed E-state index contributed by atoms with van der Waals surface area (Å²) in [7, 11) is 0. The van der Waals surface area contributed by atoms with E-state index in [2.05, 4.69) is 10.3 Å². The lowest BCUT2D eigenvalue weighted by Gasteiger charge is -2.07. The second-order valence-electron chi connectivity index (χ2n) is 8.10. The van der Waals surface area contributed by atoms with Crippen molar-refractivity contribution in [1.82, 2.24) is 19.5 Å². The van der Waals surface area contributed by atoms with E-state index in [1.165, 1.54) is 0 Å². The van der Waals surface area contributed by atoms with Gasteiger partial charge in [-0.15, -0.1) is 0 Å². The third kappa shape index (κ3) is 4.37. The Morgan fingerprint density at radius 3 is 2.39 bits per heavy atom. The molecular formula is C25H26N4O4. The van der Waals surface area contributed by atoms with E-state index in [1.807, 2.05) is 62.6 Å². The second-order valence-corrected chi connectivity index (χ2v) is 8.10. The Morgan fingerprint density at radius 1 is 1.00 bits per heavy atom. The number of carbonyl (C=O) groups is 2. The molecule has 0 aliphatic carbocycles. The van der Waals surface area contributed by atoms with Crippen molar-refractivity contribution in [1.29, 1.82) is 0 Å². The maximum Gasteiger partial charge on any atom is 0.342 e. The number of benzene rings is 1. The van der Waals surface area contributed by atoms with Gasteiger partial charge in [-0.1, -0.05) is 35.5 Å². The molecule has 0 N–H and O–H groups in total. The zero-order valence-electron chi connectivity index (χ0n) is 19.4. The van der Waals surface area contributed by atoms with Crippen LogP contribution in [-0.2, 0) is 11.3 Å². The summed E-state index contributed by atoms with van der Waals surface area (Å²) in [6.45, 7) is 9.30. The topological polar surface area (TPSA) is 92.2 Å². The molecule has 0 bridgehead atoms.